The SMILES string of the molecule is C=C[C@H]1CNCCC1CC[C@H](O)c1ccnc2ccc(OC)cc12. The minimum absolute atomic E-state index is 0.483. The van der Waals surface area contributed by atoms with Crippen molar-refractivity contribution in [3.63, 3.8) is 0 Å². The molecule has 1 unspecified atom stereocenters. The van der Waals surface area contributed by atoms with Gasteiger partial charge in [0.2, 0.25) is 0 Å². The van der Waals surface area contributed by atoms with Crippen LogP contribution in [-0.2, 0) is 0 Å². The summed E-state index contributed by atoms with van der Waals surface area (Å²) >= 11 is 0. The van der Waals surface area contributed by atoms with Gasteiger partial charge in [0.25, 0.3) is 0 Å². The molecular weight excluding hydrogens is 300 g/mol. The van der Waals surface area contributed by atoms with Crippen molar-refractivity contribution in [2.75, 3.05) is 20.2 Å². The molecule has 3 atom stereocenters. The summed E-state index contributed by atoms with van der Waals surface area (Å²) in [6, 6.07) is 7.71. The van der Waals surface area contributed by atoms with Crippen molar-refractivity contribution < 1.29 is 9.84 Å². The maximum absolute atomic E-state index is 10.8. The van der Waals surface area contributed by atoms with Gasteiger partial charge in [0, 0.05) is 18.1 Å². The second-order valence-corrected chi connectivity index (χ2v) is 6.53. The van der Waals surface area contributed by atoms with Crippen LogP contribution in [0.5, 0.6) is 5.75 Å². The molecule has 4 nitrogen and oxygen atoms in total. The maximum Gasteiger partial charge on any atom is 0.119 e. The Morgan fingerprint density at radius 2 is 2.33 bits per heavy atom. The van der Waals surface area contributed by atoms with Crippen molar-refractivity contribution in [2.24, 2.45) is 11.8 Å². The number of aliphatic hydroxyl groups is 1. The summed E-state index contributed by atoms with van der Waals surface area (Å²) < 4.78 is 5.31. The fraction of sp³-hybridized carbons (Fsp3) is 0.450. The Labute approximate surface area is 143 Å². The van der Waals surface area contributed by atoms with Crippen molar-refractivity contribution in [3.8, 4) is 5.75 Å². The van der Waals surface area contributed by atoms with Gasteiger partial charge in [-0.2, -0.15) is 0 Å². The predicted molar refractivity (Wildman–Crippen MR) is 97.2 cm³/mol. The number of methoxy groups -OCH3 is 1. The van der Waals surface area contributed by atoms with Gasteiger partial charge in [-0.15, -0.1) is 6.58 Å². The van der Waals surface area contributed by atoms with Crippen molar-refractivity contribution in [1.29, 1.82) is 0 Å². The van der Waals surface area contributed by atoms with E-state index < -0.39 is 6.10 Å². The molecule has 4 heteroatoms. The number of nitrogens with one attached hydrogen (secondary N) is 1. The molecule has 1 saturated heterocycles. The molecule has 1 aromatic heterocycles. The number of nitrogens with zero attached hydrogens (tertiary/aromatic N) is 1. The lowest BCUT2D eigenvalue weighted by Gasteiger charge is -2.30. The number of aliphatic hydroxyl groups excluding tert-OH is 1. The van der Waals surface area contributed by atoms with E-state index in [1.54, 1.807) is 13.3 Å². The Bertz CT molecular complexity index is 701. The van der Waals surface area contributed by atoms with E-state index in [1.807, 2.05) is 24.3 Å². The summed E-state index contributed by atoms with van der Waals surface area (Å²) in [6.07, 6.45) is 6.25. The second-order valence-electron chi connectivity index (χ2n) is 6.53. The van der Waals surface area contributed by atoms with Crippen LogP contribution < -0.4 is 10.1 Å². The van der Waals surface area contributed by atoms with Gasteiger partial charge in [0.15, 0.2) is 0 Å². The number of hydrogen-bond donors (Lipinski definition) is 2. The van der Waals surface area contributed by atoms with E-state index in [0.29, 0.717) is 11.8 Å². The number of pyridine rings is 1. The zero-order valence-electron chi connectivity index (χ0n) is 14.2. The first-order chi connectivity index (χ1) is 11.7. The Kier molecular flexibility index (Phi) is 5.48. The molecule has 0 saturated carbocycles. The summed E-state index contributed by atoms with van der Waals surface area (Å²) in [5.41, 5.74) is 1.82. The van der Waals surface area contributed by atoms with Gasteiger partial charge >= 0.3 is 0 Å². The van der Waals surface area contributed by atoms with Crippen molar-refractivity contribution in [2.45, 2.75) is 25.4 Å². The lowest BCUT2D eigenvalue weighted by atomic mass is 9.82. The fourth-order valence-electron chi connectivity index (χ4n) is 3.66. The van der Waals surface area contributed by atoms with Gasteiger partial charge in [-0.05, 0) is 67.5 Å². The molecule has 0 bridgehead atoms. The largest absolute Gasteiger partial charge is 0.497 e. The van der Waals surface area contributed by atoms with E-state index in [1.165, 1.54) is 0 Å². The van der Waals surface area contributed by atoms with E-state index in [4.69, 9.17) is 4.74 Å². The molecule has 1 aromatic carbocycles. The second kappa shape index (κ2) is 7.77. The van der Waals surface area contributed by atoms with Gasteiger partial charge in [-0.25, -0.2) is 0 Å². The molecule has 2 aromatic rings. The van der Waals surface area contributed by atoms with Crippen molar-refractivity contribution in [3.05, 3.63) is 48.7 Å². The van der Waals surface area contributed by atoms with Crippen LogP contribution >= 0.6 is 0 Å². The topological polar surface area (TPSA) is 54.4 Å². The van der Waals surface area contributed by atoms with Crippen LogP contribution in [0, 0.1) is 11.8 Å². The first-order valence-corrected chi connectivity index (χ1v) is 8.67. The third-order valence-corrected chi connectivity index (χ3v) is 5.13. The van der Waals surface area contributed by atoms with Crippen LogP contribution in [0.1, 0.15) is 30.9 Å². The molecular formula is C20H26N2O2. The molecule has 24 heavy (non-hydrogen) atoms. The summed E-state index contributed by atoms with van der Waals surface area (Å²) in [6.45, 7) is 6.01. The molecule has 128 valence electrons. The number of hydrogen-bond acceptors (Lipinski definition) is 4. The average molecular weight is 326 g/mol. The fourth-order valence-corrected chi connectivity index (χ4v) is 3.66. The normalized spacial score (nSPS) is 22.2. The molecule has 0 radical (unpaired) electrons. The van der Waals surface area contributed by atoms with Crippen LogP contribution in [0.25, 0.3) is 10.9 Å². The molecule has 1 fully saturated rings. The monoisotopic (exact) mass is 326 g/mol. The average Bonchev–Trinajstić information content (AvgIpc) is 2.65. The van der Waals surface area contributed by atoms with Crippen LogP contribution in [0.4, 0.5) is 0 Å². The van der Waals surface area contributed by atoms with Gasteiger partial charge in [0.1, 0.15) is 5.75 Å². The van der Waals surface area contributed by atoms with Gasteiger partial charge < -0.3 is 15.2 Å². The molecule has 0 amide bonds. The predicted octanol–water partition coefficient (Wildman–Crippen LogP) is 3.47. The van der Waals surface area contributed by atoms with E-state index in [2.05, 4.69) is 23.0 Å². The summed E-state index contributed by atoms with van der Waals surface area (Å²) in [7, 11) is 1.65. The lowest BCUT2D eigenvalue weighted by molar-refractivity contribution is 0.147. The first kappa shape index (κ1) is 16.9. The third-order valence-electron chi connectivity index (χ3n) is 5.13. The van der Waals surface area contributed by atoms with E-state index >= 15 is 0 Å². The van der Waals surface area contributed by atoms with Crippen LogP contribution in [0.2, 0.25) is 0 Å². The molecule has 2 heterocycles. The molecule has 1 aliphatic rings. The Balaban J connectivity index is 1.76. The minimum atomic E-state index is -0.483. The highest BCUT2D eigenvalue weighted by Gasteiger charge is 2.23. The number of ether oxygens (including phenoxy) is 1. The van der Waals surface area contributed by atoms with E-state index in [-0.39, 0.29) is 0 Å². The highest BCUT2D eigenvalue weighted by Crippen LogP contribution is 2.32. The standard InChI is InChI=1S/C20H26N2O2/c1-3-14-13-21-10-8-15(14)4-7-20(23)17-9-11-22-19-6-5-16(24-2)12-18(17)19/h3,5-6,9,11-12,14-15,20-21,23H,1,4,7-8,10,13H2,2H3/t14-,15?,20-/m0/s1. The van der Waals surface area contributed by atoms with Crippen LogP contribution in [0.3, 0.4) is 0 Å². The third kappa shape index (κ3) is 3.60. The number of benzene rings is 1. The smallest absolute Gasteiger partial charge is 0.119 e. The quantitative estimate of drug-likeness (QED) is 0.798. The highest BCUT2D eigenvalue weighted by atomic mass is 16.5. The molecule has 0 spiro atoms. The van der Waals surface area contributed by atoms with Crippen LogP contribution in [0.15, 0.2) is 43.1 Å². The van der Waals surface area contributed by atoms with Crippen molar-refractivity contribution in [1.82, 2.24) is 10.3 Å². The summed E-state index contributed by atoms with van der Waals surface area (Å²) in [5, 5.41) is 15.1. The van der Waals surface area contributed by atoms with Gasteiger partial charge in [0.05, 0.1) is 18.7 Å². The summed E-state index contributed by atoms with van der Waals surface area (Å²) in [4.78, 5) is 4.39. The molecule has 2 N–H and O–H groups in total. The highest BCUT2D eigenvalue weighted by molar-refractivity contribution is 5.83. The molecule has 0 aliphatic carbocycles. The first-order valence-electron chi connectivity index (χ1n) is 8.67. The minimum Gasteiger partial charge on any atom is -0.497 e. The number of aromatic nitrogens is 1. The van der Waals surface area contributed by atoms with Gasteiger partial charge in [-0.3, -0.25) is 4.98 Å². The Hall–Kier alpha value is -1.91. The number of rotatable bonds is 6. The zero-order chi connectivity index (χ0) is 16.9. The lowest BCUT2D eigenvalue weighted by Crippen LogP contribution is -2.35. The molecule has 3 rings (SSSR count). The Morgan fingerprint density at radius 1 is 1.46 bits per heavy atom. The number of fused-ring (bicyclic) bond motifs is 1. The maximum atomic E-state index is 10.8. The van der Waals surface area contributed by atoms with Gasteiger partial charge in [-0.1, -0.05) is 6.08 Å². The van der Waals surface area contributed by atoms with Crippen LogP contribution in [-0.4, -0.2) is 30.3 Å². The van der Waals surface area contributed by atoms with E-state index in [0.717, 1.165) is 54.6 Å². The molecule has 1 aliphatic heterocycles. The number of piperidine rings is 1. The summed E-state index contributed by atoms with van der Waals surface area (Å²) in [5.74, 6) is 1.88. The zero-order valence-corrected chi connectivity index (χ0v) is 14.2. The van der Waals surface area contributed by atoms with Crippen molar-refractivity contribution >= 4 is 10.9 Å². The Morgan fingerprint density at radius 3 is 3.12 bits per heavy atom. The van der Waals surface area contributed by atoms with E-state index in [9.17, 15) is 5.11 Å².